The molecule has 3 heterocycles. The normalized spacial score (nSPS) is 16.8. The van der Waals surface area contributed by atoms with Gasteiger partial charge in [-0.15, -0.1) is 0 Å². The smallest absolute Gasteiger partial charge is 0.333 e. The Morgan fingerprint density at radius 1 is 0.441 bits per heavy atom. The summed E-state index contributed by atoms with van der Waals surface area (Å²) in [6.45, 7) is 28.8. The first-order valence-corrected chi connectivity index (χ1v) is 25.1. The number of fused-ring (bicyclic) bond motifs is 19. The van der Waals surface area contributed by atoms with Gasteiger partial charge in [-0.3, -0.25) is 0 Å². The summed E-state index contributed by atoms with van der Waals surface area (Å²) in [6, 6.07) is 55.3. The van der Waals surface area contributed by atoms with Crippen molar-refractivity contribution in [2.45, 2.75) is 110 Å². The third-order valence-electron chi connectivity index (χ3n) is 17.6. The van der Waals surface area contributed by atoms with Crippen LogP contribution in [0, 0.1) is 0 Å². The molecule has 0 N–H and O–H groups in total. The second-order valence-electron chi connectivity index (χ2n) is 24.5. The van der Waals surface area contributed by atoms with Crippen LogP contribution in [0.25, 0.3) is 72.0 Å². The van der Waals surface area contributed by atoms with Crippen molar-refractivity contribution in [2.75, 3.05) is 4.81 Å². The Bertz CT molecular complexity index is 3780. The predicted molar refractivity (Wildman–Crippen MR) is 290 cm³/mol. The molecule has 0 radical (unpaired) electrons. The molecule has 0 saturated heterocycles. The van der Waals surface area contributed by atoms with Gasteiger partial charge >= 0.3 is 6.85 Å². The molecule has 0 saturated carbocycles. The molecule has 2 aliphatic heterocycles. The molecule has 3 heteroatoms. The fourth-order valence-corrected chi connectivity index (χ4v) is 14.1. The molecule has 0 spiro atoms. The predicted octanol–water partition coefficient (Wildman–Crippen LogP) is 15.5. The number of hydrogen-bond donors (Lipinski definition) is 0. The van der Waals surface area contributed by atoms with Crippen molar-refractivity contribution in [3.8, 4) is 50.2 Å². The molecule has 0 amide bonds. The molecule has 5 aliphatic rings. The van der Waals surface area contributed by atoms with Crippen molar-refractivity contribution in [3.05, 3.63) is 184 Å². The molecule has 68 heavy (non-hydrogen) atoms. The lowest BCUT2D eigenvalue weighted by Gasteiger charge is -2.44. The minimum Gasteiger partial charge on any atom is -0.376 e. The van der Waals surface area contributed by atoms with Gasteiger partial charge < -0.3 is 9.38 Å². The van der Waals surface area contributed by atoms with E-state index in [2.05, 4.69) is 232 Å². The minimum atomic E-state index is -0.265. The van der Waals surface area contributed by atoms with E-state index in [-0.39, 0.29) is 33.9 Å². The summed E-state index contributed by atoms with van der Waals surface area (Å²) in [6.07, 6.45) is 0. The quantitative estimate of drug-likeness (QED) is 0.149. The standard InChI is InChI=1S/C65H59BN2/c1-61(2,3)36-25-28-38(29-26-36)68-53-35-50-42(39-19-13-16-22-46(39)64(50,9)10)32-45(53)57-58-55(41-21-15-18-24-48(41)65(58,11)12)56-44-31-37(62(4,5)6)27-30-52(44)67-54-33-43-40-20-14-17-23-47(40)63(7,8)49(43)34-51(54)66(68)59(57)60(56)67/h13-35H,1-12H3. The summed E-state index contributed by atoms with van der Waals surface area (Å²) in [5.41, 5.74) is 30.9. The van der Waals surface area contributed by atoms with E-state index in [1.165, 1.54) is 139 Å². The van der Waals surface area contributed by atoms with E-state index in [1.807, 2.05) is 0 Å². The highest BCUT2D eigenvalue weighted by atomic mass is 15.1. The first-order valence-electron chi connectivity index (χ1n) is 25.1. The SMILES string of the molecule is CC(C)(C)c1ccc(N2B3c4cc5c(cc4-n4c6ccc(C(C)(C)C)cc6c6c7c(c(c3c64)-c3cc4c(cc32)C(C)(C)c2ccccc2-4)C(C)(C)c2ccccc2-7)-c2ccccc2C5(C)C)cc1. The maximum absolute atomic E-state index is 2.78. The Morgan fingerprint density at radius 2 is 0.985 bits per heavy atom. The van der Waals surface area contributed by atoms with Gasteiger partial charge in [-0.25, -0.2) is 0 Å². The fraction of sp³-hybridized carbons (Fsp3) is 0.262. The van der Waals surface area contributed by atoms with Gasteiger partial charge in [0.2, 0.25) is 0 Å². The number of rotatable bonds is 1. The Hall–Kier alpha value is -6.58. The van der Waals surface area contributed by atoms with Gasteiger partial charge in [0.05, 0.1) is 11.0 Å². The largest absolute Gasteiger partial charge is 0.376 e. The van der Waals surface area contributed by atoms with Gasteiger partial charge in [-0.05, 0) is 148 Å². The highest BCUT2D eigenvalue weighted by molar-refractivity contribution is 6.94. The summed E-state index contributed by atoms with van der Waals surface area (Å²) in [5.74, 6) is 0. The second-order valence-corrected chi connectivity index (χ2v) is 24.5. The number of hydrogen-bond acceptors (Lipinski definition) is 1. The molecule has 8 aromatic carbocycles. The average Bonchev–Trinajstić information content (AvgIpc) is 3.93. The molecule has 0 fully saturated rings. The molecule has 14 rings (SSSR count). The van der Waals surface area contributed by atoms with Crippen molar-refractivity contribution >= 4 is 51.0 Å². The van der Waals surface area contributed by atoms with Crippen LogP contribution in [0.1, 0.15) is 128 Å². The van der Waals surface area contributed by atoms with E-state index >= 15 is 0 Å². The Balaban J connectivity index is 1.23. The van der Waals surface area contributed by atoms with Crippen molar-refractivity contribution < 1.29 is 0 Å². The van der Waals surface area contributed by atoms with Gasteiger partial charge in [-0.2, -0.15) is 0 Å². The van der Waals surface area contributed by atoms with Crippen LogP contribution in [-0.4, -0.2) is 11.4 Å². The monoisotopic (exact) mass is 878 g/mol. The van der Waals surface area contributed by atoms with E-state index in [0.29, 0.717) is 0 Å². The van der Waals surface area contributed by atoms with Gasteiger partial charge in [0.25, 0.3) is 0 Å². The van der Waals surface area contributed by atoms with Gasteiger partial charge in [0, 0.05) is 49.6 Å². The lowest BCUT2D eigenvalue weighted by Crippen LogP contribution is -2.61. The molecule has 0 bridgehead atoms. The lowest BCUT2D eigenvalue weighted by atomic mass is 9.43. The van der Waals surface area contributed by atoms with E-state index in [1.54, 1.807) is 0 Å². The zero-order valence-corrected chi connectivity index (χ0v) is 41.8. The van der Waals surface area contributed by atoms with E-state index in [4.69, 9.17) is 0 Å². The minimum absolute atomic E-state index is 0.0205. The number of aromatic nitrogens is 1. The summed E-state index contributed by atoms with van der Waals surface area (Å²) >= 11 is 0. The molecule has 9 aromatic rings. The maximum Gasteiger partial charge on any atom is 0.333 e. The number of benzene rings is 8. The fourth-order valence-electron chi connectivity index (χ4n) is 14.1. The number of nitrogens with zero attached hydrogens (tertiary/aromatic N) is 2. The van der Waals surface area contributed by atoms with Crippen LogP contribution in [0.5, 0.6) is 0 Å². The molecule has 3 aliphatic carbocycles. The molecular formula is C65H59BN2. The molecular weight excluding hydrogens is 820 g/mol. The zero-order valence-electron chi connectivity index (χ0n) is 41.8. The van der Waals surface area contributed by atoms with Crippen LogP contribution in [0.2, 0.25) is 0 Å². The van der Waals surface area contributed by atoms with Crippen LogP contribution < -0.4 is 15.7 Å². The van der Waals surface area contributed by atoms with Crippen LogP contribution in [0.4, 0.5) is 11.4 Å². The molecule has 332 valence electrons. The average molecular weight is 879 g/mol. The molecule has 0 unspecified atom stereocenters. The highest BCUT2D eigenvalue weighted by Crippen LogP contribution is 2.61. The van der Waals surface area contributed by atoms with Crippen LogP contribution in [0.3, 0.4) is 0 Å². The van der Waals surface area contributed by atoms with E-state index in [0.717, 1.165) is 0 Å². The number of anilines is 2. The van der Waals surface area contributed by atoms with Crippen molar-refractivity contribution in [1.82, 2.24) is 4.57 Å². The summed E-state index contributed by atoms with van der Waals surface area (Å²) < 4.78 is 2.72. The van der Waals surface area contributed by atoms with Gasteiger partial charge in [0.1, 0.15) is 0 Å². The van der Waals surface area contributed by atoms with Crippen LogP contribution in [-0.2, 0) is 27.1 Å². The zero-order chi connectivity index (χ0) is 46.9. The topological polar surface area (TPSA) is 8.17 Å². The third-order valence-corrected chi connectivity index (χ3v) is 17.6. The first kappa shape index (κ1) is 40.5. The van der Waals surface area contributed by atoms with Gasteiger partial charge in [0.15, 0.2) is 0 Å². The lowest BCUT2D eigenvalue weighted by molar-refractivity contribution is 0.590. The molecule has 1 aromatic heterocycles. The third kappa shape index (κ3) is 4.81. The maximum atomic E-state index is 2.78. The van der Waals surface area contributed by atoms with Crippen molar-refractivity contribution in [1.29, 1.82) is 0 Å². The first-order chi connectivity index (χ1) is 32.3. The summed E-state index contributed by atoms with van der Waals surface area (Å²) in [7, 11) is 0. The van der Waals surface area contributed by atoms with Crippen molar-refractivity contribution in [2.24, 2.45) is 0 Å². The highest BCUT2D eigenvalue weighted by Gasteiger charge is 2.52. The Kier molecular flexibility index (Phi) is 7.47. The van der Waals surface area contributed by atoms with E-state index in [9.17, 15) is 0 Å². The summed E-state index contributed by atoms with van der Waals surface area (Å²) in [5, 5.41) is 2.75. The molecule has 2 nitrogen and oxygen atoms in total. The van der Waals surface area contributed by atoms with Crippen molar-refractivity contribution in [3.63, 3.8) is 0 Å². The second kappa shape index (κ2) is 12.5. The summed E-state index contributed by atoms with van der Waals surface area (Å²) in [4.78, 5) is 2.78. The Morgan fingerprint density at radius 3 is 1.60 bits per heavy atom. The van der Waals surface area contributed by atoms with Crippen LogP contribution in [0.15, 0.2) is 140 Å². The van der Waals surface area contributed by atoms with E-state index < -0.39 is 0 Å². The van der Waals surface area contributed by atoms with Crippen LogP contribution >= 0.6 is 0 Å². The molecule has 0 atom stereocenters. The Labute approximate surface area is 402 Å². The van der Waals surface area contributed by atoms with Gasteiger partial charge in [-0.1, -0.05) is 180 Å².